The minimum absolute atomic E-state index is 0.118. The van der Waals surface area contributed by atoms with Crippen molar-refractivity contribution in [2.45, 2.75) is 46.2 Å². The number of carbonyl (C=O) groups excluding carboxylic acids is 1. The van der Waals surface area contributed by atoms with Crippen molar-refractivity contribution >= 4 is 5.91 Å². The molecule has 6 nitrogen and oxygen atoms in total. The number of amides is 1. The van der Waals surface area contributed by atoms with E-state index >= 15 is 0 Å². The van der Waals surface area contributed by atoms with Crippen LogP contribution in [0, 0.1) is 0 Å². The molecule has 0 spiro atoms. The first kappa shape index (κ1) is 15.2. The Labute approximate surface area is 124 Å². The van der Waals surface area contributed by atoms with Crippen LogP contribution in [0.25, 0.3) is 0 Å². The van der Waals surface area contributed by atoms with Crippen LogP contribution < -0.4 is 5.32 Å². The number of aromatic nitrogens is 4. The Balaban J connectivity index is 2.09. The molecular weight excluding hydrogens is 266 g/mol. The third-order valence-electron chi connectivity index (χ3n) is 3.26. The molecule has 0 fully saturated rings. The summed E-state index contributed by atoms with van der Waals surface area (Å²) in [6.07, 6.45) is 5.07. The summed E-state index contributed by atoms with van der Waals surface area (Å²) in [4.78, 5) is 20.8. The third-order valence-corrected chi connectivity index (χ3v) is 3.26. The summed E-state index contributed by atoms with van der Waals surface area (Å²) in [6.45, 7) is 6.72. The van der Waals surface area contributed by atoms with Crippen molar-refractivity contribution in [2.24, 2.45) is 0 Å². The first-order valence-electron chi connectivity index (χ1n) is 7.29. The van der Waals surface area contributed by atoms with Gasteiger partial charge in [0.2, 0.25) is 0 Å². The lowest BCUT2D eigenvalue weighted by molar-refractivity contribution is 0.0937. The Bertz CT molecular complexity index is 608. The van der Waals surface area contributed by atoms with Crippen molar-refractivity contribution in [3.63, 3.8) is 0 Å². The van der Waals surface area contributed by atoms with Gasteiger partial charge in [-0.1, -0.05) is 13.3 Å². The number of nitrogens with zero attached hydrogens (tertiary/aromatic N) is 4. The second-order valence-corrected chi connectivity index (χ2v) is 4.92. The van der Waals surface area contributed by atoms with Crippen molar-refractivity contribution in [1.82, 2.24) is 25.1 Å². The Morgan fingerprint density at radius 1 is 1.38 bits per heavy atom. The number of rotatable bonds is 6. The van der Waals surface area contributed by atoms with Crippen molar-refractivity contribution in [3.05, 3.63) is 41.7 Å². The van der Waals surface area contributed by atoms with Gasteiger partial charge in [0.25, 0.3) is 5.91 Å². The van der Waals surface area contributed by atoms with Crippen molar-refractivity contribution < 1.29 is 4.79 Å². The molecule has 0 radical (unpaired) electrons. The summed E-state index contributed by atoms with van der Waals surface area (Å²) in [5.41, 5.74) is 1.57. The van der Waals surface area contributed by atoms with E-state index in [0.717, 1.165) is 30.9 Å². The minimum Gasteiger partial charge on any atom is -0.342 e. The molecule has 6 heteroatoms. The average Bonchev–Trinajstić information content (AvgIpc) is 2.96. The highest BCUT2D eigenvalue weighted by Crippen LogP contribution is 2.11. The van der Waals surface area contributed by atoms with E-state index in [-0.39, 0.29) is 11.9 Å². The predicted octanol–water partition coefficient (Wildman–Crippen LogP) is 2.14. The van der Waals surface area contributed by atoms with E-state index in [1.807, 2.05) is 19.9 Å². The molecule has 2 aromatic rings. The van der Waals surface area contributed by atoms with Crippen LogP contribution in [0.15, 0.2) is 24.7 Å². The number of carbonyl (C=O) groups is 1. The highest BCUT2D eigenvalue weighted by molar-refractivity contribution is 5.94. The minimum atomic E-state index is -0.192. The van der Waals surface area contributed by atoms with Crippen molar-refractivity contribution in [2.75, 3.05) is 0 Å². The fourth-order valence-electron chi connectivity index (χ4n) is 2.21. The van der Waals surface area contributed by atoms with Crippen LogP contribution in [0.3, 0.4) is 0 Å². The summed E-state index contributed by atoms with van der Waals surface area (Å²) in [6, 6.07) is 3.38. The lowest BCUT2D eigenvalue weighted by Crippen LogP contribution is -2.29. The molecular formula is C15H21N5O. The SMILES string of the molecule is CCCc1cc(C(=O)N[C@H](C)c2ncnn2CC)ccn1. The molecule has 0 aliphatic carbocycles. The summed E-state index contributed by atoms with van der Waals surface area (Å²) >= 11 is 0. The third kappa shape index (κ3) is 3.65. The Morgan fingerprint density at radius 3 is 2.90 bits per heavy atom. The fraction of sp³-hybridized carbons (Fsp3) is 0.467. The number of pyridine rings is 1. The summed E-state index contributed by atoms with van der Waals surface area (Å²) in [5, 5.41) is 7.07. The lowest BCUT2D eigenvalue weighted by atomic mass is 10.1. The van der Waals surface area contributed by atoms with Gasteiger partial charge in [-0.3, -0.25) is 9.78 Å². The summed E-state index contributed by atoms with van der Waals surface area (Å²) < 4.78 is 1.78. The van der Waals surface area contributed by atoms with Gasteiger partial charge in [-0.2, -0.15) is 5.10 Å². The molecule has 2 aromatic heterocycles. The molecule has 2 heterocycles. The molecule has 1 amide bonds. The van der Waals surface area contributed by atoms with Gasteiger partial charge in [0.05, 0.1) is 6.04 Å². The van der Waals surface area contributed by atoms with Crippen LogP contribution in [0.1, 0.15) is 55.1 Å². The van der Waals surface area contributed by atoms with E-state index in [1.54, 1.807) is 16.9 Å². The maximum atomic E-state index is 12.3. The van der Waals surface area contributed by atoms with E-state index < -0.39 is 0 Å². The second-order valence-electron chi connectivity index (χ2n) is 4.92. The molecule has 0 saturated carbocycles. The van der Waals surface area contributed by atoms with E-state index in [9.17, 15) is 4.79 Å². The molecule has 1 N–H and O–H groups in total. The smallest absolute Gasteiger partial charge is 0.251 e. The molecule has 0 aromatic carbocycles. The highest BCUT2D eigenvalue weighted by Gasteiger charge is 2.16. The van der Waals surface area contributed by atoms with Crippen LogP contribution in [0.4, 0.5) is 0 Å². The molecule has 2 rings (SSSR count). The number of aryl methyl sites for hydroxylation is 2. The monoisotopic (exact) mass is 287 g/mol. The standard InChI is InChI=1S/C15H21N5O/c1-4-6-13-9-12(7-8-16-13)15(21)19-11(3)14-17-10-18-20(14)5-2/h7-11H,4-6H2,1-3H3,(H,19,21)/t11-/m1/s1. The fourth-order valence-corrected chi connectivity index (χ4v) is 2.21. The quantitative estimate of drug-likeness (QED) is 0.883. The highest BCUT2D eigenvalue weighted by atomic mass is 16.1. The first-order valence-corrected chi connectivity index (χ1v) is 7.29. The van der Waals surface area contributed by atoms with E-state index in [1.165, 1.54) is 6.33 Å². The lowest BCUT2D eigenvalue weighted by Gasteiger charge is -2.14. The molecule has 0 saturated heterocycles. The van der Waals surface area contributed by atoms with Gasteiger partial charge in [0, 0.05) is 24.0 Å². The Morgan fingerprint density at radius 2 is 2.19 bits per heavy atom. The van der Waals surface area contributed by atoms with Crippen molar-refractivity contribution in [1.29, 1.82) is 0 Å². The predicted molar refractivity (Wildman–Crippen MR) is 79.8 cm³/mol. The van der Waals surface area contributed by atoms with E-state index in [2.05, 4.69) is 27.3 Å². The van der Waals surface area contributed by atoms with Gasteiger partial charge in [-0.15, -0.1) is 0 Å². The van der Waals surface area contributed by atoms with Crippen LogP contribution in [-0.4, -0.2) is 25.7 Å². The molecule has 1 atom stereocenters. The zero-order valence-electron chi connectivity index (χ0n) is 12.7. The normalized spacial score (nSPS) is 12.1. The van der Waals surface area contributed by atoms with Gasteiger partial charge in [-0.05, 0) is 32.4 Å². The zero-order chi connectivity index (χ0) is 15.2. The van der Waals surface area contributed by atoms with Gasteiger partial charge in [-0.25, -0.2) is 9.67 Å². The molecule has 0 unspecified atom stereocenters. The Hall–Kier alpha value is -2.24. The number of nitrogens with one attached hydrogen (secondary N) is 1. The molecule has 0 aliphatic heterocycles. The Kier molecular flexibility index (Phi) is 5.03. The zero-order valence-corrected chi connectivity index (χ0v) is 12.7. The summed E-state index contributed by atoms with van der Waals surface area (Å²) in [5.74, 6) is 0.640. The molecule has 112 valence electrons. The molecule has 0 aliphatic rings. The van der Waals surface area contributed by atoms with Gasteiger partial charge < -0.3 is 5.32 Å². The second kappa shape index (κ2) is 6.97. The summed E-state index contributed by atoms with van der Waals surface area (Å²) in [7, 11) is 0. The molecule has 21 heavy (non-hydrogen) atoms. The van der Waals surface area contributed by atoms with Crippen molar-refractivity contribution in [3.8, 4) is 0 Å². The van der Waals surface area contributed by atoms with Gasteiger partial charge in [0.15, 0.2) is 0 Å². The van der Waals surface area contributed by atoms with Gasteiger partial charge in [0.1, 0.15) is 12.2 Å². The molecule has 0 bridgehead atoms. The van der Waals surface area contributed by atoms with Crippen LogP contribution in [-0.2, 0) is 13.0 Å². The van der Waals surface area contributed by atoms with Crippen LogP contribution >= 0.6 is 0 Å². The number of hydrogen-bond acceptors (Lipinski definition) is 4. The maximum absolute atomic E-state index is 12.3. The number of hydrogen-bond donors (Lipinski definition) is 1. The largest absolute Gasteiger partial charge is 0.342 e. The van der Waals surface area contributed by atoms with E-state index in [0.29, 0.717) is 5.56 Å². The maximum Gasteiger partial charge on any atom is 0.251 e. The van der Waals surface area contributed by atoms with Crippen LogP contribution in [0.5, 0.6) is 0 Å². The topological polar surface area (TPSA) is 72.7 Å². The van der Waals surface area contributed by atoms with Crippen LogP contribution in [0.2, 0.25) is 0 Å². The average molecular weight is 287 g/mol. The first-order chi connectivity index (χ1) is 10.2. The van der Waals surface area contributed by atoms with E-state index in [4.69, 9.17) is 0 Å². The van der Waals surface area contributed by atoms with Gasteiger partial charge >= 0.3 is 0 Å².